The van der Waals surface area contributed by atoms with Crippen molar-refractivity contribution in [3.8, 4) is 0 Å². The van der Waals surface area contributed by atoms with Gasteiger partial charge in [0, 0.05) is 6.61 Å². The molecule has 0 atom stereocenters. The summed E-state index contributed by atoms with van der Waals surface area (Å²) in [6.45, 7) is -0.250. The fraction of sp³-hybridized carbons (Fsp3) is 0.600. The van der Waals surface area contributed by atoms with Crippen molar-refractivity contribution in [2.24, 2.45) is 0 Å². The van der Waals surface area contributed by atoms with E-state index in [-0.39, 0.29) is 41.7 Å². The SMILES string of the molecule is OCCCc1c(C(Cl)(Cl)C(Cl)(Cl)Cl)cc(C(Cl)(Cl)C(Cl)(Cl)Cl)cc1C(Cl)(Cl)C(Cl)(Cl)Cl. The third-order valence-corrected chi connectivity index (χ3v) is 11.2. The second kappa shape index (κ2) is 11.1. The Balaban J connectivity index is 4.20. The molecule has 180 valence electrons. The highest BCUT2D eigenvalue weighted by Gasteiger charge is 2.55. The van der Waals surface area contributed by atoms with Gasteiger partial charge in [-0.05, 0) is 47.2 Å². The van der Waals surface area contributed by atoms with Gasteiger partial charge in [0.25, 0.3) is 0 Å². The molecule has 0 aliphatic heterocycles. The van der Waals surface area contributed by atoms with Crippen molar-refractivity contribution >= 4 is 174 Å². The molecule has 0 radical (unpaired) electrons. The second-order valence-electron chi connectivity index (χ2n) is 6.09. The molecule has 0 aromatic heterocycles. The Bertz CT molecular complexity index is 738. The van der Waals surface area contributed by atoms with Crippen molar-refractivity contribution in [2.45, 2.75) is 37.2 Å². The molecule has 31 heavy (non-hydrogen) atoms. The van der Waals surface area contributed by atoms with Crippen molar-refractivity contribution in [3.05, 3.63) is 34.4 Å². The summed E-state index contributed by atoms with van der Waals surface area (Å²) in [6, 6.07) is 2.48. The molecule has 0 amide bonds. The van der Waals surface area contributed by atoms with Gasteiger partial charge in [-0.1, -0.05) is 174 Å². The van der Waals surface area contributed by atoms with Gasteiger partial charge < -0.3 is 5.11 Å². The zero-order valence-electron chi connectivity index (χ0n) is 14.4. The van der Waals surface area contributed by atoms with Crippen LogP contribution in [-0.2, 0) is 19.4 Å². The number of hydrogen-bond acceptors (Lipinski definition) is 1. The number of aliphatic hydroxyl groups excluding tert-OH is 1. The highest BCUT2D eigenvalue weighted by atomic mass is 35.6. The van der Waals surface area contributed by atoms with Gasteiger partial charge in [0.1, 0.15) is 0 Å². The lowest BCUT2D eigenvalue weighted by atomic mass is 9.89. The van der Waals surface area contributed by atoms with E-state index in [4.69, 9.17) is 174 Å². The van der Waals surface area contributed by atoms with Crippen LogP contribution in [0.2, 0.25) is 0 Å². The molecular formula is C15H9Cl15O. The quantitative estimate of drug-likeness (QED) is 0.288. The predicted octanol–water partition coefficient (Wildman–Crippen LogP) is 10.6. The highest BCUT2D eigenvalue weighted by Crippen LogP contribution is 2.61. The molecule has 0 aliphatic rings. The summed E-state index contributed by atoms with van der Waals surface area (Å²) >= 11 is 92.2. The van der Waals surface area contributed by atoms with Crippen molar-refractivity contribution in [3.63, 3.8) is 0 Å². The van der Waals surface area contributed by atoms with Gasteiger partial charge in [-0.25, -0.2) is 0 Å². The van der Waals surface area contributed by atoms with Crippen LogP contribution >= 0.6 is 174 Å². The van der Waals surface area contributed by atoms with Crippen molar-refractivity contribution in [1.29, 1.82) is 0 Å². The minimum Gasteiger partial charge on any atom is -0.396 e. The van der Waals surface area contributed by atoms with Crippen LogP contribution in [0, 0.1) is 0 Å². The zero-order chi connectivity index (χ0) is 24.8. The van der Waals surface area contributed by atoms with E-state index in [9.17, 15) is 5.11 Å². The molecule has 0 saturated carbocycles. The summed E-state index contributed by atoms with van der Waals surface area (Å²) in [4.78, 5) is 0. The van der Waals surface area contributed by atoms with Crippen molar-refractivity contribution in [2.75, 3.05) is 6.61 Å². The minimum absolute atomic E-state index is 0.0522. The Morgan fingerprint density at radius 1 is 0.548 bits per heavy atom. The first-order chi connectivity index (χ1) is 13.5. The summed E-state index contributed by atoms with van der Waals surface area (Å²) in [5.74, 6) is 0. The fourth-order valence-electron chi connectivity index (χ4n) is 2.41. The minimum atomic E-state index is -2.30. The molecule has 0 spiro atoms. The Morgan fingerprint density at radius 3 is 1.13 bits per heavy atom. The van der Waals surface area contributed by atoms with Crippen LogP contribution in [-0.4, -0.2) is 23.1 Å². The maximum Gasteiger partial charge on any atom is 0.227 e. The Morgan fingerprint density at radius 2 is 0.871 bits per heavy atom. The molecule has 16 heteroatoms. The van der Waals surface area contributed by atoms with Crippen LogP contribution in [0.15, 0.2) is 12.1 Å². The molecule has 1 aromatic carbocycles. The monoisotopic (exact) mass is 730 g/mol. The smallest absolute Gasteiger partial charge is 0.227 e. The summed E-state index contributed by atoms with van der Waals surface area (Å²) in [6.07, 6.45) is 0.223. The van der Waals surface area contributed by atoms with Gasteiger partial charge in [0.2, 0.25) is 11.4 Å². The number of halogens is 15. The average Bonchev–Trinajstić information content (AvgIpc) is 2.55. The van der Waals surface area contributed by atoms with Gasteiger partial charge in [0.05, 0.1) is 0 Å². The van der Waals surface area contributed by atoms with E-state index in [1.165, 1.54) is 12.1 Å². The molecule has 0 aliphatic carbocycles. The van der Waals surface area contributed by atoms with Gasteiger partial charge in [-0.3, -0.25) is 0 Å². The van der Waals surface area contributed by atoms with E-state index in [0.29, 0.717) is 0 Å². The lowest BCUT2D eigenvalue weighted by molar-refractivity contribution is 0.288. The third kappa shape index (κ3) is 7.10. The number of hydrogen-bond donors (Lipinski definition) is 1. The van der Waals surface area contributed by atoms with E-state index < -0.39 is 24.4 Å². The van der Waals surface area contributed by atoms with E-state index in [2.05, 4.69) is 0 Å². The summed E-state index contributed by atoms with van der Waals surface area (Å²) < 4.78 is -13.6. The van der Waals surface area contributed by atoms with E-state index >= 15 is 0 Å². The molecule has 1 N–H and O–H groups in total. The second-order valence-corrected chi connectivity index (χ2v) is 16.9. The number of benzene rings is 1. The first kappa shape index (κ1) is 32.6. The van der Waals surface area contributed by atoms with E-state index in [1.54, 1.807) is 0 Å². The number of aliphatic hydroxyl groups is 1. The van der Waals surface area contributed by atoms with Gasteiger partial charge in [0.15, 0.2) is 13.0 Å². The predicted molar refractivity (Wildman–Crippen MR) is 143 cm³/mol. The Kier molecular flexibility index (Phi) is 11.7. The maximum atomic E-state index is 9.34. The topological polar surface area (TPSA) is 20.2 Å². The van der Waals surface area contributed by atoms with Crippen LogP contribution in [0.4, 0.5) is 0 Å². The van der Waals surface area contributed by atoms with Crippen LogP contribution in [0.25, 0.3) is 0 Å². The molecule has 1 aromatic rings. The highest BCUT2D eigenvalue weighted by molar-refractivity contribution is 6.77. The maximum absolute atomic E-state index is 9.34. The average molecular weight is 737 g/mol. The molecule has 1 nitrogen and oxygen atoms in total. The molecule has 0 heterocycles. The third-order valence-electron chi connectivity index (χ3n) is 3.94. The number of alkyl halides is 15. The lowest BCUT2D eigenvalue weighted by Gasteiger charge is -2.37. The summed E-state index contributed by atoms with van der Waals surface area (Å²) in [7, 11) is 0. The van der Waals surface area contributed by atoms with Gasteiger partial charge >= 0.3 is 0 Å². The van der Waals surface area contributed by atoms with Gasteiger partial charge in [-0.2, -0.15) is 0 Å². The van der Waals surface area contributed by atoms with Crippen molar-refractivity contribution in [1.82, 2.24) is 0 Å². The Labute approximate surface area is 254 Å². The normalized spacial score (nSPS) is 14.8. The molecule has 0 saturated heterocycles. The van der Waals surface area contributed by atoms with Crippen LogP contribution < -0.4 is 0 Å². The van der Waals surface area contributed by atoms with Crippen molar-refractivity contribution < 1.29 is 5.11 Å². The Hall–Kier alpha value is 3.53. The molecule has 0 unspecified atom stereocenters. The number of rotatable bonds is 6. The lowest BCUT2D eigenvalue weighted by Crippen LogP contribution is -2.36. The molecule has 1 rings (SSSR count). The van der Waals surface area contributed by atoms with Crippen LogP contribution in [0.3, 0.4) is 0 Å². The van der Waals surface area contributed by atoms with Crippen LogP contribution in [0.5, 0.6) is 0 Å². The standard InChI is InChI=1S/C15H9Cl15O/c16-10(17,13(22,23)24)6-4-8(11(18,19)14(25,26)27)7(2-1-3-31)9(5-6)12(20,21)15(28,29)30/h4-5,31H,1-3H2. The zero-order valence-corrected chi connectivity index (χ0v) is 25.7. The van der Waals surface area contributed by atoms with Crippen LogP contribution in [0.1, 0.15) is 28.7 Å². The summed E-state index contributed by atoms with van der Waals surface area (Å²) in [5.41, 5.74) is -0.111. The van der Waals surface area contributed by atoms with Gasteiger partial charge in [-0.15, -0.1) is 0 Å². The fourth-order valence-corrected chi connectivity index (χ4v) is 4.24. The van der Waals surface area contributed by atoms with E-state index in [0.717, 1.165) is 0 Å². The molecular weight excluding hydrogens is 728 g/mol. The first-order valence-corrected chi connectivity index (χ1v) is 13.3. The molecule has 0 fully saturated rings. The largest absolute Gasteiger partial charge is 0.396 e. The van der Waals surface area contributed by atoms with E-state index in [1.807, 2.05) is 0 Å². The molecule has 0 bridgehead atoms. The first-order valence-electron chi connectivity index (χ1n) is 7.66. The summed E-state index contributed by atoms with van der Waals surface area (Å²) in [5, 5.41) is 9.34.